The second-order valence-electron chi connectivity index (χ2n) is 4.06. The number of nitrogens with zero attached hydrogens (tertiary/aromatic N) is 3. The van der Waals surface area contributed by atoms with Crippen molar-refractivity contribution < 1.29 is 0 Å². The van der Waals surface area contributed by atoms with E-state index in [2.05, 4.69) is 9.97 Å². The maximum absolute atomic E-state index is 12.2. The van der Waals surface area contributed by atoms with Gasteiger partial charge in [-0.2, -0.15) is 0 Å². The van der Waals surface area contributed by atoms with Gasteiger partial charge in [0.1, 0.15) is 0 Å². The van der Waals surface area contributed by atoms with Crippen LogP contribution in [0.2, 0.25) is 0 Å². The molecule has 0 aliphatic heterocycles. The Hall–Kier alpha value is -2.49. The van der Waals surface area contributed by atoms with E-state index in [1.165, 1.54) is 0 Å². The lowest BCUT2D eigenvalue weighted by atomic mass is 10.2. The van der Waals surface area contributed by atoms with Crippen LogP contribution in [0.3, 0.4) is 0 Å². The fourth-order valence-corrected chi connectivity index (χ4v) is 1.91. The zero-order valence-corrected chi connectivity index (χ0v) is 9.65. The number of para-hydroxylation sites is 1. The summed E-state index contributed by atoms with van der Waals surface area (Å²) in [5.41, 5.74) is 1.69. The maximum atomic E-state index is 12.2. The first kappa shape index (κ1) is 10.7. The molecule has 0 unspecified atom stereocenters. The quantitative estimate of drug-likeness (QED) is 0.683. The van der Waals surface area contributed by atoms with Crippen molar-refractivity contribution in [3.05, 3.63) is 71.0 Å². The van der Waals surface area contributed by atoms with E-state index in [0.29, 0.717) is 11.9 Å². The smallest absolute Gasteiger partial charge is 0.261 e. The molecule has 0 aliphatic rings. The van der Waals surface area contributed by atoms with Crippen LogP contribution in [0.25, 0.3) is 10.9 Å². The molecule has 0 N–H and O–H groups in total. The number of hydrogen-bond donors (Lipinski definition) is 0. The van der Waals surface area contributed by atoms with E-state index >= 15 is 0 Å². The van der Waals surface area contributed by atoms with Crippen LogP contribution in [0.5, 0.6) is 0 Å². The lowest BCUT2D eigenvalue weighted by molar-refractivity contribution is 0.745. The van der Waals surface area contributed by atoms with Crippen LogP contribution in [0.15, 0.2) is 59.9 Å². The number of rotatable bonds is 2. The van der Waals surface area contributed by atoms with Crippen LogP contribution in [0, 0.1) is 0 Å². The second kappa shape index (κ2) is 4.41. The summed E-state index contributed by atoms with van der Waals surface area (Å²) in [5, 5.41) is 0.642. The van der Waals surface area contributed by atoms with Gasteiger partial charge < -0.3 is 0 Å². The molecule has 18 heavy (non-hydrogen) atoms. The van der Waals surface area contributed by atoms with Crippen molar-refractivity contribution in [3.63, 3.8) is 0 Å². The molecule has 4 nitrogen and oxygen atoms in total. The average Bonchev–Trinajstić information content (AvgIpc) is 2.43. The van der Waals surface area contributed by atoms with Crippen LogP contribution in [-0.4, -0.2) is 14.5 Å². The zero-order chi connectivity index (χ0) is 12.4. The van der Waals surface area contributed by atoms with Gasteiger partial charge in [-0.05, 0) is 23.8 Å². The standard InChI is InChI=1S/C14H11N3O/c18-14-12-5-1-2-6-13(12)16-10-17(14)9-11-4-3-7-15-8-11/h1-8,10H,9H2. The normalized spacial score (nSPS) is 10.7. The van der Waals surface area contributed by atoms with Crippen LogP contribution in [-0.2, 0) is 6.54 Å². The van der Waals surface area contributed by atoms with Gasteiger partial charge in [0, 0.05) is 12.4 Å². The first-order valence-electron chi connectivity index (χ1n) is 5.68. The van der Waals surface area contributed by atoms with Gasteiger partial charge in [0.15, 0.2) is 0 Å². The molecule has 88 valence electrons. The van der Waals surface area contributed by atoms with E-state index in [9.17, 15) is 4.79 Å². The first-order chi connectivity index (χ1) is 8.84. The highest BCUT2D eigenvalue weighted by Gasteiger charge is 2.03. The van der Waals surface area contributed by atoms with Gasteiger partial charge in [-0.3, -0.25) is 14.3 Å². The number of hydrogen-bond acceptors (Lipinski definition) is 3. The van der Waals surface area contributed by atoms with E-state index in [0.717, 1.165) is 11.1 Å². The summed E-state index contributed by atoms with van der Waals surface area (Å²) in [7, 11) is 0. The highest BCUT2D eigenvalue weighted by molar-refractivity contribution is 5.76. The Balaban J connectivity index is 2.08. The number of fused-ring (bicyclic) bond motifs is 1. The summed E-state index contributed by atoms with van der Waals surface area (Å²) in [5.74, 6) is 0. The SMILES string of the molecule is O=c1c2ccccc2ncn1Cc1cccnc1. The minimum atomic E-state index is -0.0237. The van der Waals surface area contributed by atoms with Gasteiger partial charge in [-0.1, -0.05) is 18.2 Å². The van der Waals surface area contributed by atoms with Gasteiger partial charge in [-0.15, -0.1) is 0 Å². The lowest BCUT2D eigenvalue weighted by Gasteiger charge is -2.06. The molecule has 0 saturated carbocycles. The molecule has 1 aromatic carbocycles. The van der Waals surface area contributed by atoms with E-state index in [-0.39, 0.29) is 5.56 Å². The zero-order valence-electron chi connectivity index (χ0n) is 9.65. The molecule has 0 fully saturated rings. The van der Waals surface area contributed by atoms with Crippen molar-refractivity contribution in [2.24, 2.45) is 0 Å². The monoisotopic (exact) mass is 237 g/mol. The van der Waals surface area contributed by atoms with E-state index in [1.54, 1.807) is 29.4 Å². The molecule has 0 atom stereocenters. The Kier molecular flexibility index (Phi) is 2.61. The Morgan fingerprint density at radius 2 is 2.00 bits per heavy atom. The molecule has 0 saturated heterocycles. The summed E-state index contributed by atoms with van der Waals surface area (Å²) in [4.78, 5) is 20.6. The Labute approximate surface area is 104 Å². The Bertz CT molecular complexity index is 735. The summed E-state index contributed by atoms with van der Waals surface area (Å²) in [6.07, 6.45) is 5.05. The van der Waals surface area contributed by atoms with Crippen molar-refractivity contribution >= 4 is 10.9 Å². The van der Waals surface area contributed by atoms with E-state index in [1.807, 2.05) is 30.3 Å². The largest absolute Gasteiger partial charge is 0.294 e. The van der Waals surface area contributed by atoms with Crippen molar-refractivity contribution in [2.75, 3.05) is 0 Å². The molecule has 0 bridgehead atoms. The van der Waals surface area contributed by atoms with Crippen LogP contribution >= 0.6 is 0 Å². The van der Waals surface area contributed by atoms with E-state index in [4.69, 9.17) is 0 Å². The fraction of sp³-hybridized carbons (Fsp3) is 0.0714. The molecule has 2 aromatic heterocycles. The third-order valence-corrected chi connectivity index (χ3v) is 2.81. The van der Waals surface area contributed by atoms with Crippen LogP contribution in [0.1, 0.15) is 5.56 Å². The van der Waals surface area contributed by atoms with Gasteiger partial charge >= 0.3 is 0 Å². The highest BCUT2D eigenvalue weighted by Crippen LogP contribution is 2.05. The average molecular weight is 237 g/mol. The summed E-state index contributed by atoms with van der Waals surface area (Å²) < 4.78 is 1.60. The number of pyridine rings is 1. The molecule has 0 amide bonds. The molecule has 2 heterocycles. The number of aromatic nitrogens is 3. The minimum absolute atomic E-state index is 0.0237. The Morgan fingerprint density at radius 3 is 2.83 bits per heavy atom. The highest BCUT2D eigenvalue weighted by atomic mass is 16.1. The first-order valence-corrected chi connectivity index (χ1v) is 5.68. The van der Waals surface area contributed by atoms with Crippen LogP contribution < -0.4 is 5.56 Å². The lowest BCUT2D eigenvalue weighted by Crippen LogP contribution is -2.21. The molecule has 3 rings (SSSR count). The van der Waals surface area contributed by atoms with Crippen molar-refractivity contribution in [2.45, 2.75) is 6.54 Å². The van der Waals surface area contributed by atoms with Gasteiger partial charge in [0.05, 0.1) is 23.8 Å². The molecule has 0 radical (unpaired) electrons. The molecule has 0 spiro atoms. The predicted molar refractivity (Wildman–Crippen MR) is 69.3 cm³/mol. The summed E-state index contributed by atoms with van der Waals surface area (Å²) in [6.45, 7) is 0.491. The van der Waals surface area contributed by atoms with E-state index < -0.39 is 0 Å². The van der Waals surface area contributed by atoms with Crippen LogP contribution in [0.4, 0.5) is 0 Å². The van der Waals surface area contributed by atoms with Crippen molar-refractivity contribution in [1.29, 1.82) is 0 Å². The second-order valence-corrected chi connectivity index (χ2v) is 4.06. The Morgan fingerprint density at radius 1 is 1.11 bits per heavy atom. The molecular formula is C14H11N3O. The van der Waals surface area contributed by atoms with Crippen molar-refractivity contribution in [3.8, 4) is 0 Å². The van der Waals surface area contributed by atoms with Gasteiger partial charge in [0.25, 0.3) is 5.56 Å². The molecular weight excluding hydrogens is 226 g/mol. The topological polar surface area (TPSA) is 47.8 Å². The molecule has 4 heteroatoms. The summed E-state index contributed by atoms with van der Waals surface area (Å²) >= 11 is 0. The maximum Gasteiger partial charge on any atom is 0.261 e. The third kappa shape index (κ3) is 1.88. The van der Waals surface area contributed by atoms with Crippen molar-refractivity contribution in [1.82, 2.24) is 14.5 Å². The third-order valence-electron chi connectivity index (χ3n) is 2.81. The molecule has 0 aliphatic carbocycles. The molecule has 3 aromatic rings. The number of benzene rings is 1. The van der Waals surface area contributed by atoms with Gasteiger partial charge in [0.2, 0.25) is 0 Å². The fourth-order valence-electron chi connectivity index (χ4n) is 1.91. The summed E-state index contributed by atoms with van der Waals surface area (Å²) in [6, 6.07) is 11.2. The predicted octanol–water partition coefficient (Wildman–Crippen LogP) is 1.84. The van der Waals surface area contributed by atoms with Gasteiger partial charge in [-0.25, -0.2) is 4.98 Å². The minimum Gasteiger partial charge on any atom is -0.294 e.